The van der Waals surface area contributed by atoms with E-state index >= 15 is 0 Å². The fourth-order valence-corrected chi connectivity index (χ4v) is 4.49. The van der Waals surface area contributed by atoms with Gasteiger partial charge in [-0.15, -0.1) is 0 Å². The van der Waals surface area contributed by atoms with E-state index in [1.807, 2.05) is 29.2 Å². The first-order valence-electron chi connectivity index (χ1n) is 11.5. The minimum Gasteiger partial charge on any atom is -0.494 e. The second kappa shape index (κ2) is 11.2. The highest BCUT2D eigenvalue weighted by Crippen LogP contribution is 2.22. The maximum atomic E-state index is 13.1. The maximum Gasteiger partial charge on any atom is 0.253 e. The molecule has 0 unspecified atom stereocenters. The molecule has 1 saturated heterocycles. The van der Waals surface area contributed by atoms with Gasteiger partial charge < -0.3 is 14.5 Å². The van der Waals surface area contributed by atoms with Gasteiger partial charge in [0.25, 0.3) is 5.91 Å². The molecule has 1 amide bonds. The summed E-state index contributed by atoms with van der Waals surface area (Å²) < 4.78 is 23.3. The van der Waals surface area contributed by atoms with Crippen LogP contribution in [0.5, 0.6) is 5.75 Å². The van der Waals surface area contributed by atoms with Gasteiger partial charge in [-0.25, -0.2) is 9.37 Å². The van der Waals surface area contributed by atoms with E-state index in [1.165, 1.54) is 23.7 Å². The van der Waals surface area contributed by atoms with Crippen LogP contribution in [0.1, 0.15) is 47.9 Å². The van der Waals surface area contributed by atoms with Crippen molar-refractivity contribution < 1.29 is 13.9 Å². The molecule has 33 heavy (non-hydrogen) atoms. The van der Waals surface area contributed by atoms with E-state index in [2.05, 4.69) is 21.2 Å². The largest absolute Gasteiger partial charge is 0.494 e. The monoisotopic (exact) mass is 468 g/mol. The number of hydrogen-bond donors (Lipinski definition) is 0. The zero-order chi connectivity index (χ0) is 23.0. The van der Waals surface area contributed by atoms with Crippen LogP contribution in [0.25, 0.3) is 0 Å². The molecule has 4 rings (SSSR count). The molecule has 2 aromatic carbocycles. The predicted molar refractivity (Wildman–Crippen MR) is 129 cm³/mol. The Kier molecular flexibility index (Phi) is 7.88. The van der Waals surface area contributed by atoms with Crippen LogP contribution in [-0.2, 0) is 6.42 Å². The molecule has 8 heteroatoms. The Morgan fingerprint density at radius 3 is 2.61 bits per heavy atom. The summed E-state index contributed by atoms with van der Waals surface area (Å²) in [6.45, 7) is 5.73. The summed E-state index contributed by atoms with van der Waals surface area (Å²) in [6, 6.07) is 13.9. The van der Waals surface area contributed by atoms with Crippen LogP contribution >= 0.6 is 11.5 Å². The summed E-state index contributed by atoms with van der Waals surface area (Å²) in [5.74, 6) is 1.34. The van der Waals surface area contributed by atoms with Gasteiger partial charge >= 0.3 is 0 Å². The molecule has 0 aliphatic carbocycles. The van der Waals surface area contributed by atoms with Crippen LogP contribution in [0.15, 0.2) is 48.5 Å². The average molecular weight is 469 g/mol. The number of nitrogens with zero attached hydrogens (tertiary/aromatic N) is 4. The van der Waals surface area contributed by atoms with Gasteiger partial charge in [0.15, 0.2) is 0 Å². The minimum atomic E-state index is -0.245. The number of anilines is 1. The number of amides is 1. The van der Waals surface area contributed by atoms with Gasteiger partial charge in [0.1, 0.15) is 17.4 Å². The summed E-state index contributed by atoms with van der Waals surface area (Å²) in [6.07, 6.45) is 3.56. The van der Waals surface area contributed by atoms with Crippen molar-refractivity contribution in [3.05, 3.63) is 71.3 Å². The van der Waals surface area contributed by atoms with Crippen molar-refractivity contribution in [1.82, 2.24) is 14.3 Å². The van der Waals surface area contributed by atoms with Gasteiger partial charge in [0.05, 0.1) is 6.61 Å². The van der Waals surface area contributed by atoms with Crippen LogP contribution in [0.2, 0.25) is 0 Å². The Morgan fingerprint density at radius 2 is 1.85 bits per heavy atom. The lowest BCUT2D eigenvalue weighted by atomic mass is 10.1. The smallest absolute Gasteiger partial charge is 0.253 e. The van der Waals surface area contributed by atoms with Gasteiger partial charge in [-0.05, 0) is 54.8 Å². The molecule has 0 bridgehead atoms. The molecule has 1 fully saturated rings. The molecule has 1 aliphatic heterocycles. The predicted octanol–water partition coefficient (Wildman–Crippen LogP) is 4.80. The van der Waals surface area contributed by atoms with Crippen LogP contribution in [0.4, 0.5) is 9.52 Å². The molecule has 0 N–H and O–H groups in total. The van der Waals surface area contributed by atoms with Crippen molar-refractivity contribution in [3.63, 3.8) is 0 Å². The van der Waals surface area contributed by atoms with Crippen LogP contribution in [0, 0.1) is 5.82 Å². The first-order valence-corrected chi connectivity index (χ1v) is 12.2. The van der Waals surface area contributed by atoms with Gasteiger partial charge in [0.2, 0.25) is 5.13 Å². The molecule has 0 spiro atoms. The standard InChI is InChI=1S/C25H29FN4O2S/c1-2-3-17-32-22-11-7-20(8-12-22)24(31)29-13-4-14-30(16-15-29)25-27-23(28-33-25)18-19-5-9-21(26)10-6-19/h5-12H,2-4,13-18H2,1H3. The molecule has 1 aromatic heterocycles. The summed E-state index contributed by atoms with van der Waals surface area (Å²) in [5, 5.41) is 0.870. The Hall–Kier alpha value is -3.00. The highest BCUT2D eigenvalue weighted by Gasteiger charge is 2.22. The summed E-state index contributed by atoms with van der Waals surface area (Å²) >= 11 is 1.38. The fraction of sp³-hybridized carbons (Fsp3) is 0.400. The molecule has 0 radical (unpaired) electrons. The molecule has 0 saturated carbocycles. The van der Waals surface area contributed by atoms with Gasteiger partial charge in [-0.1, -0.05) is 25.5 Å². The third-order valence-corrected chi connectivity index (χ3v) is 6.47. The SMILES string of the molecule is CCCCOc1ccc(C(=O)N2CCCN(c3nc(Cc4ccc(F)cc4)ns3)CC2)cc1. The number of carbonyl (C=O) groups excluding carboxylic acids is 1. The van der Waals surface area contributed by atoms with Crippen molar-refractivity contribution in [2.24, 2.45) is 0 Å². The quantitative estimate of drug-likeness (QED) is 0.445. The molecule has 0 atom stereocenters. The fourth-order valence-electron chi connectivity index (χ4n) is 3.75. The van der Waals surface area contributed by atoms with Gasteiger partial charge in [-0.3, -0.25) is 4.79 Å². The third-order valence-electron chi connectivity index (χ3n) is 5.65. The number of benzene rings is 2. The van der Waals surface area contributed by atoms with Crippen LogP contribution < -0.4 is 9.64 Å². The second-order valence-corrected chi connectivity index (χ2v) is 8.89. The molecule has 3 aromatic rings. The first kappa shape index (κ1) is 23.2. The van der Waals surface area contributed by atoms with E-state index in [0.29, 0.717) is 31.7 Å². The van der Waals surface area contributed by atoms with Crippen molar-refractivity contribution in [2.75, 3.05) is 37.7 Å². The molecular formula is C25H29FN4O2S. The van der Waals surface area contributed by atoms with Crippen LogP contribution in [0.3, 0.4) is 0 Å². The van der Waals surface area contributed by atoms with Crippen molar-refractivity contribution >= 4 is 22.6 Å². The first-order chi connectivity index (χ1) is 16.1. The molecule has 1 aliphatic rings. The number of halogens is 1. The Bertz CT molecular complexity index is 1040. The van der Waals surface area contributed by atoms with Crippen molar-refractivity contribution in [1.29, 1.82) is 0 Å². The van der Waals surface area contributed by atoms with Crippen LogP contribution in [-0.4, -0.2) is 53.0 Å². The van der Waals surface area contributed by atoms with E-state index in [1.54, 1.807) is 12.1 Å². The van der Waals surface area contributed by atoms with E-state index in [-0.39, 0.29) is 11.7 Å². The number of rotatable bonds is 8. The van der Waals surface area contributed by atoms with Crippen molar-refractivity contribution in [2.45, 2.75) is 32.6 Å². The molecular weight excluding hydrogens is 439 g/mol. The topological polar surface area (TPSA) is 58.6 Å². The number of hydrogen-bond acceptors (Lipinski definition) is 6. The van der Waals surface area contributed by atoms with E-state index in [0.717, 1.165) is 54.6 Å². The number of aromatic nitrogens is 2. The number of ether oxygens (including phenoxy) is 1. The second-order valence-electron chi connectivity index (χ2n) is 8.16. The zero-order valence-corrected chi connectivity index (χ0v) is 19.7. The Labute approximate surface area is 198 Å². The van der Waals surface area contributed by atoms with E-state index < -0.39 is 0 Å². The Balaban J connectivity index is 1.32. The normalized spacial score (nSPS) is 14.2. The van der Waals surface area contributed by atoms with E-state index in [4.69, 9.17) is 4.74 Å². The Morgan fingerprint density at radius 1 is 1.06 bits per heavy atom. The number of unbranched alkanes of at least 4 members (excludes halogenated alkanes) is 1. The van der Waals surface area contributed by atoms with Gasteiger partial charge in [-0.2, -0.15) is 4.37 Å². The summed E-state index contributed by atoms with van der Waals surface area (Å²) in [7, 11) is 0. The lowest BCUT2D eigenvalue weighted by molar-refractivity contribution is 0.0767. The third kappa shape index (κ3) is 6.28. The highest BCUT2D eigenvalue weighted by molar-refractivity contribution is 7.09. The van der Waals surface area contributed by atoms with E-state index in [9.17, 15) is 9.18 Å². The highest BCUT2D eigenvalue weighted by atomic mass is 32.1. The average Bonchev–Trinajstić information content (AvgIpc) is 3.15. The maximum absolute atomic E-state index is 13.1. The lowest BCUT2D eigenvalue weighted by Crippen LogP contribution is -2.35. The molecule has 174 valence electrons. The molecule has 2 heterocycles. The zero-order valence-electron chi connectivity index (χ0n) is 18.9. The number of carbonyl (C=O) groups is 1. The summed E-state index contributed by atoms with van der Waals surface area (Å²) in [5.41, 5.74) is 1.67. The minimum absolute atomic E-state index is 0.0474. The lowest BCUT2D eigenvalue weighted by Gasteiger charge is -2.21. The molecule has 6 nitrogen and oxygen atoms in total. The summed E-state index contributed by atoms with van der Waals surface area (Å²) in [4.78, 5) is 21.8. The van der Waals surface area contributed by atoms with Gasteiger partial charge in [0, 0.05) is 49.7 Å². The van der Waals surface area contributed by atoms with Crippen molar-refractivity contribution in [3.8, 4) is 5.75 Å².